The smallest absolute Gasteiger partial charge is 0.309 e. The van der Waals surface area contributed by atoms with Gasteiger partial charge in [0, 0.05) is 0 Å². The normalized spacial score (nSPS) is 51.5. The number of aliphatic hydroxyl groups is 1. The molecule has 5 heteroatoms. The molecule has 4 fully saturated rings. The van der Waals surface area contributed by atoms with Crippen LogP contribution in [0.2, 0.25) is 0 Å². The summed E-state index contributed by atoms with van der Waals surface area (Å²) in [5.74, 6) is -1.83. The van der Waals surface area contributed by atoms with Gasteiger partial charge >= 0.3 is 11.9 Å². The van der Waals surface area contributed by atoms with E-state index >= 15 is 0 Å². The van der Waals surface area contributed by atoms with E-state index in [9.17, 15) is 24.9 Å². The zero-order chi connectivity index (χ0) is 12.5. The van der Waals surface area contributed by atoms with Crippen molar-refractivity contribution >= 4 is 11.9 Å². The molecule has 0 radical (unpaired) electrons. The number of carbonyl (C=O) groups is 2. The van der Waals surface area contributed by atoms with Crippen LogP contribution in [-0.2, 0) is 9.59 Å². The lowest BCUT2D eigenvalue weighted by atomic mass is 9.42. The minimum atomic E-state index is -1.07. The second-order valence-corrected chi connectivity index (χ2v) is 6.40. The van der Waals surface area contributed by atoms with Gasteiger partial charge in [-0.2, -0.15) is 0 Å². The van der Waals surface area contributed by atoms with Gasteiger partial charge in [-0.15, -0.1) is 0 Å². The van der Waals surface area contributed by atoms with Gasteiger partial charge in [-0.25, -0.2) is 0 Å². The fourth-order valence-electron chi connectivity index (χ4n) is 4.86. The average molecular weight is 240 g/mol. The Labute approximate surface area is 98.4 Å². The highest BCUT2D eigenvalue weighted by atomic mass is 16.4. The van der Waals surface area contributed by atoms with Crippen LogP contribution in [0, 0.1) is 16.7 Å². The topological polar surface area (TPSA) is 94.8 Å². The number of carboxylic acid groups (broad SMARTS) is 2. The highest BCUT2D eigenvalue weighted by Crippen LogP contribution is 2.66. The van der Waals surface area contributed by atoms with E-state index in [1.54, 1.807) is 0 Å². The molecule has 3 N–H and O–H groups in total. The van der Waals surface area contributed by atoms with Crippen molar-refractivity contribution in [3.05, 3.63) is 0 Å². The zero-order valence-corrected chi connectivity index (χ0v) is 9.48. The minimum absolute atomic E-state index is 0.0449. The molecule has 94 valence electrons. The van der Waals surface area contributed by atoms with Crippen molar-refractivity contribution < 1.29 is 24.9 Å². The number of aliphatic carboxylic acids is 2. The maximum atomic E-state index is 11.5. The molecule has 5 nitrogen and oxygen atoms in total. The summed E-state index contributed by atoms with van der Waals surface area (Å²) in [6, 6.07) is 0. The fraction of sp³-hybridized carbons (Fsp3) is 0.833. The summed E-state index contributed by atoms with van der Waals surface area (Å²) in [6.07, 6.45) is 2.25. The molecule has 0 aromatic rings. The molecule has 0 aromatic heterocycles. The monoisotopic (exact) mass is 240 g/mol. The molecule has 0 heterocycles. The maximum Gasteiger partial charge on any atom is 0.309 e. The second kappa shape index (κ2) is 2.83. The predicted molar refractivity (Wildman–Crippen MR) is 56.3 cm³/mol. The van der Waals surface area contributed by atoms with Gasteiger partial charge in [-0.3, -0.25) is 9.59 Å². The molecule has 17 heavy (non-hydrogen) atoms. The first-order valence-electron chi connectivity index (χ1n) is 5.99. The molecule has 4 saturated carbocycles. The number of rotatable bonds is 2. The lowest BCUT2D eigenvalue weighted by Crippen LogP contribution is -2.64. The Hall–Kier alpha value is -1.10. The first-order valence-corrected chi connectivity index (χ1v) is 5.99. The van der Waals surface area contributed by atoms with E-state index in [4.69, 9.17) is 0 Å². The number of hydrogen-bond donors (Lipinski definition) is 3. The molecule has 0 saturated heterocycles. The number of carboxylic acids is 2. The van der Waals surface area contributed by atoms with E-state index in [0.717, 1.165) is 0 Å². The first-order chi connectivity index (χ1) is 7.79. The van der Waals surface area contributed by atoms with Gasteiger partial charge < -0.3 is 15.3 Å². The van der Waals surface area contributed by atoms with Gasteiger partial charge in [0.25, 0.3) is 0 Å². The quantitative estimate of drug-likeness (QED) is 0.665. The molecule has 0 unspecified atom stereocenters. The largest absolute Gasteiger partial charge is 0.481 e. The van der Waals surface area contributed by atoms with Gasteiger partial charge in [0.1, 0.15) is 0 Å². The highest BCUT2D eigenvalue weighted by molar-refractivity contribution is 5.81. The van der Waals surface area contributed by atoms with Gasteiger partial charge in [0.2, 0.25) is 0 Å². The fourth-order valence-corrected chi connectivity index (χ4v) is 4.86. The van der Waals surface area contributed by atoms with Crippen molar-refractivity contribution in [2.45, 2.75) is 44.1 Å². The Balaban J connectivity index is 2.09. The summed E-state index contributed by atoms with van der Waals surface area (Å²) in [4.78, 5) is 22.9. The molecular weight excluding hydrogens is 224 g/mol. The third kappa shape index (κ3) is 1.29. The third-order valence-electron chi connectivity index (χ3n) is 4.95. The minimum Gasteiger partial charge on any atom is -0.481 e. The van der Waals surface area contributed by atoms with Crippen LogP contribution in [0.3, 0.4) is 0 Å². The third-order valence-corrected chi connectivity index (χ3v) is 4.95. The van der Waals surface area contributed by atoms with Crippen LogP contribution < -0.4 is 0 Å². The molecule has 4 aliphatic rings. The van der Waals surface area contributed by atoms with Gasteiger partial charge in [-0.1, -0.05) is 0 Å². The average Bonchev–Trinajstić information content (AvgIpc) is 2.12. The van der Waals surface area contributed by atoms with E-state index in [0.29, 0.717) is 19.3 Å². The van der Waals surface area contributed by atoms with Crippen LogP contribution >= 0.6 is 0 Å². The molecule has 2 atom stereocenters. The van der Waals surface area contributed by atoms with Crippen molar-refractivity contribution in [2.24, 2.45) is 16.7 Å². The van der Waals surface area contributed by atoms with Crippen LogP contribution in [0.1, 0.15) is 38.5 Å². The molecule has 0 spiro atoms. The standard InChI is InChI=1S/C12H16O5/c13-8(14)10-1-7-2-11(4-10,9(15)16)6-12(17,3-7)5-10/h7,17H,1-6H2,(H,13,14)(H,15,16)/t7?,10-,11-,12?/m1/s1. The first kappa shape index (κ1) is 11.0. The molecule has 0 aromatic carbocycles. The van der Waals surface area contributed by atoms with E-state index < -0.39 is 28.4 Å². The van der Waals surface area contributed by atoms with Crippen LogP contribution in [0.15, 0.2) is 0 Å². The molecule has 0 aliphatic heterocycles. The van der Waals surface area contributed by atoms with Crippen LogP contribution in [0.4, 0.5) is 0 Å². The van der Waals surface area contributed by atoms with Crippen LogP contribution in [0.5, 0.6) is 0 Å². The van der Waals surface area contributed by atoms with E-state index in [1.807, 2.05) is 0 Å². The van der Waals surface area contributed by atoms with E-state index in [2.05, 4.69) is 0 Å². The molecule has 4 aliphatic carbocycles. The SMILES string of the molecule is O=C(O)[C@@]12CC3CC(O)(C1)C[C@@](C(=O)O)(C3)C2. The second-order valence-electron chi connectivity index (χ2n) is 6.40. The zero-order valence-electron chi connectivity index (χ0n) is 9.48. The molecule has 4 rings (SSSR count). The summed E-state index contributed by atoms with van der Waals surface area (Å²) in [5, 5.41) is 29.2. The summed E-state index contributed by atoms with van der Waals surface area (Å²) < 4.78 is 0. The molecule has 0 amide bonds. The van der Waals surface area contributed by atoms with Crippen molar-refractivity contribution in [3.63, 3.8) is 0 Å². The Morgan fingerprint density at radius 2 is 1.35 bits per heavy atom. The lowest BCUT2D eigenvalue weighted by molar-refractivity contribution is -0.220. The van der Waals surface area contributed by atoms with Crippen molar-refractivity contribution in [2.75, 3.05) is 0 Å². The summed E-state index contributed by atoms with van der Waals surface area (Å²) in [6.45, 7) is 0. The molecular formula is C12H16O5. The van der Waals surface area contributed by atoms with Gasteiger partial charge in [0.05, 0.1) is 16.4 Å². The summed E-state index contributed by atoms with van der Waals surface area (Å²) >= 11 is 0. The Morgan fingerprint density at radius 3 is 1.71 bits per heavy atom. The van der Waals surface area contributed by atoms with Crippen molar-refractivity contribution in [1.29, 1.82) is 0 Å². The molecule has 4 bridgehead atoms. The number of hydrogen-bond acceptors (Lipinski definition) is 3. The predicted octanol–water partition coefficient (Wildman–Crippen LogP) is 0.857. The summed E-state index contributed by atoms with van der Waals surface area (Å²) in [7, 11) is 0. The van der Waals surface area contributed by atoms with Crippen molar-refractivity contribution in [3.8, 4) is 0 Å². The lowest BCUT2D eigenvalue weighted by Gasteiger charge is -2.61. The van der Waals surface area contributed by atoms with Crippen LogP contribution in [0.25, 0.3) is 0 Å². The van der Waals surface area contributed by atoms with Gasteiger partial charge in [0.15, 0.2) is 0 Å². The maximum absolute atomic E-state index is 11.5. The Morgan fingerprint density at radius 1 is 0.882 bits per heavy atom. The van der Waals surface area contributed by atoms with Crippen molar-refractivity contribution in [1.82, 2.24) is 0 Å². The van der Waals surface area contributed by atoms with E-state index in [1.165, 1.54) is 0 Å². The van der Waals surface area contributed by atoms with Gasteiger partial charge in [-0.05, 0) is 44.4 Å². The Kier molecular flexibility index (Phi) is 1.83. The van der Waals surface area contributed by atoms with E-state index in [-0.39, 0.29) is 25.2 Å². The van der Waals surface area contributed by atoms with Crippen LogP contribution in [-0.4, -0.2) is 32.9 Å². The Bertz CT molecular complexity index is 385. The summed E-state index contributed by atoms with van der Waals surface area (Å²) in [5.41, 5.74) is -3.09. The highest BCUT2D eigenvalue weighted by Gasteiger charge is 2.68.